The number of amides is 1. The van der Waals surface area contributed by atoms with E-state index in [1.807, 2.05) is 4.90 Å². The highest BCUT2D eigenvalue weighted by atomic mass is 16.5. The van der Waals surface area contributed by atoms with Gasteiger partial charge in [0.05, 0.1) is 19.1 Å². The van der Waals surface area contributed by atoms with Crippen LogP contribution in [0.3, 0.4) is 0 Å². The van der Waals surface area contributed by atoms with Gasteiger partial charge >= 0.3 is 0 Å². The normalized spacial score (nSPS) is 23.5. The zero-order valence-corrected chi connectivity index (χ0v) is 16.7. The fourth-order valence-corrected chi connectivity index (χ4v) is 4.55. The molecule has 148 valence electrons. The van der Waals surface area contributed by atoms with Gasteiger partial charge in [0, 0.05) is 32.7 Å². The third-order valence-electron chi connectivity index (χ3n) is 5.96. The van der Waals surface area contributed by atoms with Crippen LogP contribution in [-0.2, 0) is 16.1 Å². The Hall–Kier alpha value is -2.17. The minimum Gasteiger partial charge on any atom is -0.378 e. The number of aryl methyl sites for hydroxylation is 1. The van der Waals surface area contributed by atoms with Crippen molar-refractivity contribution in [3.8, 4) is 0 Å². The maximum atomic E-state index is 13.2. The van der Waals surface area contributed by atoms with Crippen LogP contribution in [0, 0.1) is 12.8 Å². The van der Waals surface area contributed by atoms with E-state index in [1.165, 1.54) is 16.7 Å². The average molecular weight is 379 g/mol. The van der Waals surface area contributed by atoms with Crippen LogP contribution in [0.4, 0.5) is 0 Å². The molecule has 28 heavy (non-hydrogen) atoms. The van der Waals surface area contributed by atoms with E-state index in [0.29, 0.717) is 25.0 Å². The first-order chi connectivity index (χ1) is 13.7. The van der Waals surface area contributed by atoms with Crippen LogP contribution >= 0.6 is 0 Å². The van der Waals surface area contributed by atoms with Gasteiger partial charge in [0.1, 0.15) is 0 Å². The van der Waals surface area contributed by atoms with Gasteiger partial charge in [0.25, 0.3) is 0 Å². The lowest BCUT2D eigenvalue weighted by Gasteiger charge is -2.40. The second kappa shape index (κ2) is 8.89. The van der Waals surface area contributed by atoms with Gasteiger partial charge in [-0.1, -0.05) is 60.2 Å². The molecule has 4 rings (SSSR count). The molecular formula is C24H30N2O2. The molecule has 1 amide bonds. The van der Waals surface area contributed by atoms with Gasteiger partial charge < -0.3 is 9.64 Å². The number of hydrogen-bond acceptors (Lipinski definition) is 3. The molecule has 0 aromatic heterocycles. The lowest BCUT2D eigenvalue weighted by Crippen LogP contribution is -2.49. The van der Waals surface area contributed by atoms with Crippen LogP contribution in [0.1, 0.15) is 29.0 Å². The van der Waals surface area contributed by atoms with Crippen molar-refractivity contribution in [1.82, 2.24) is 9.80 Å². The van der Waals surface area contributed by atoms with E-state index >= 15 is 0 Å². The fraction of sp³-hybridized carbons (Fsp3) is 0.458. The highest BCUT2D eigenvalue weighted by Crippen LogP contribution is 2.32. The minimum absolute atomic E-state index is 0.0566. The topological polar surface area (TPSA) is 32.8 Å². The van der Waals surface area contributed by atoms with Crippen molar-refractivity contribution < 1.29 is 9.53 Å². The van der Waals surface area contributed by atoms with E-state index in [4.69, 9.17) is 4.74 Å². The Morgan fingerprint density at radius 3 is 2.57 bits per heavy atom. The number of piperidine rings is 1. The van der Waals surface area contributed by atoms with Crippen molar-refractivity contribution in [3.63, 3.8) is 0 Å². The average Bonchev–Trinajstić information content (AvgIpc) is 2.74. The number of carbonyl (C=O) groups is 1. The summed E-state index contributed by atoms with van der Waals surface area (Å²) in [5.74, 6) is 0.757. The largest absolute Gasteiger partial charge is 0.378 e. The van der Waals surface area contributed by atoms with Gasteiger partial charge in [-0.05, 0) is 30.4 Å². The van der Waals surface area contributed by atoms with Crippen molar-refractivity contribution in [2.45, 2.75) is 25.8 Å². The zero-order chi connectivity index (χ0) is 19.3. The molecule has 4 nitrogen and oxygen atoms in total. The molecule has 0 bridgehead atoms. The molecule has 0 N–H and O–H groups in total. The number of rotatable bonds is 4. The standard InChI is InChI=1S/C24H30N2O2/c1-19-6-5-9-21(14-19)22-15-23(24(27)26-10-12-28-13-11-26)18-25(17-22)16-20-7-3-2-4-8-20/h2-9,14,22-23H,10-13,15-18H2,1H3/t22-,23+/m1/s1. The summed E-state index contributed by atoms with van der Waals surface area (Å²) in [5, 5.41) is 0. The number of carbonyl (C=O) groups excluding carboxylic acids is 1. The Morgan fingerprint density at radius 2 is 1.82 bits per heavy atom. The summed E-state index contributed by atoms with van der Waals surface area (Å²) in [5.41, 5.74) is 3.95. The molecule has 0 unspecified atom stereocenters. The zero-order valence-electron chi connectivity index (χ0n) is 16.7. The first-order valence-electron chi connectivity index (χ1n) is 10.4. The summed E-state index contributed by atoms with van der Waals surface area (Å²) in [4.78, 5) is 17.7. The Kier molecular flexibility index (Phi) is 6.08. The highest BCUT2D eigenvalue weighted by molar-refractivity contribution is 5.79. The summed E-state index contributed by atoms with van der Waals surface area (Å²) >= 11 is 0. The first-order valence-corrected chi connectivity index (χ1v) is 10.4. The predicted octanol–water partition coefficient (Wildman–Crippen LogP) is 3.46. The molecule has 2 atom stereocenters. The maximum absolute atomic E-state index is 13.2. The number of morpholine rings is 1. The molecule has 2 aromatic rings. The van der Waals surface area contributed by atoms with Crippen molar-refractivity contribution in [1.29, 1.82) is 0 Å². The third kappa shape index (κ3) is 4.62. The summed E-state index contributed by atoms with van der Waals surface area (Å²) < 4.78 is 5.44. The molecule has 2 saturated heterocycles. The van der Waals surface area contributed by atoms with Crippen LogP contribution in [0.25, 0.3) is 0 Å². The Morgan fingerprint density at radius 1 is 1.04 bits per heavy atom. The van der Waals surface area contributed by atoms with Gasteiger partial charge in [-0.25, -0.2) is 0 Å². The molecule has 2 aliphatic heterocycles. The number of likely N-dealkylation sites (tertiary alicyclic amines) is 1. The Balaban J connectivity index is 1.54. The Labute approximate surface area is 168 Å². The second-order valence-electron chi connectivity index (χ2n) is 8.16. The lowest BCUT2D eigenvalue weighted by atomic mass is 9.83. The number of benzene rings is 2. The van der Waals surface area contributed by atoms with E-state index in [9.17, 15) is 4.79 Å². The smallest absolute Gasteiger partial charge is 0.227 e. The molecule has 0 radical (unpaired) electrons. The van der Waals surface area contributed by atoms with E-state index in [0.717, 1.165) is 39.1 Å². The van der Waals surface area contributed by atoms with Crippen LogP contribution in [0.2, 0.25) is 0 Å². The lowest BCUT2D eigenvalue weighted by molar-refractivity contribution is -0.141. The number of nitrogens with zero attached hydrogens (tertiary/aromatic N) is 2. The van der Waals surface area contributed by atoms with Crippen LogP contribution in [0.15, 0.2) is 54.6 Å². The second-order valence-corrected chi connectivity index (χ2v) is 8.16. The fourth-order valence-electron chi connectivity index (χ4n) is 4.55. The SMILES string of the molecule is Cc1cccc([C@@H]2C[C@H](C(=O)N3CCOCC3)CN(Cc3ccccc3)C2)c1. The molecule has 0 aliphatic carbocycles. The molecular weight excluding hydrogens is 348 g/mol. The van der Waals surface area contributed by atoms with E-state index in [2.05, 4.69) is 66.4 Å². The number of hydrogen-bond donors (Lipinski definition) is 0. The molecule has 4 heteroatoms. The quantitative estimate of drug-likeness (QED) is 0.817. The van der Waals surface area contributed by atoms with Crippen LogP contribution in [-0.4, -0.2) is 55.1 Å². The summed E-state index contributed by atoms with van der Waals surface area (Å²) in [6.45, 7) is 7.66. The van der Waals surface area contributed by atoms with Gasteiger partial charge in [0.15, 0.2) is 0 Å². The van der Waals surface area contributed by atoms with Gasteiger partial charge in [0.2, 0.25) is 5.91 Å². The van der Waals surface area contributed by atoms with Crippen LogP contribution < -0.4 is 0 Å². The Bertz CT molecular complexity index is 786. The molecule has 0 spiro atoms. The summed E-state index contributed by atoms with van der Waals surface area (Å²) in [6, 6.07) is 19.4. The first kappa shape index (κ1) is 19.2. The van der Waals surface area contributed by atoms with Crippen LogP contribution in [0.5, 0.6) is 0 Å². The van der Waals surface area contributed by atoms with Crippen molar-refractivity contribution >= 4 is 5.91 Å². The summed E-state index contributed by atoms with van der Waals surface area (Å²) in [7, 11) is 0. The molecule has 2 aromatic carbocycles. The minimum atomic E-state index is 0.0566. The predicted molar refractivity (Wildman–Crippen MR) is 111 cm³/mol. The molecule has 0 saturated carbocycles. The number of ether oxygens (including phenoxy) is 1. The molecule has 2 heterocycles. The van der Waals surface area contributed by atoms with Gasteiger partial charge in [-0.3, -0.25) is 9.69 Å². The monoisotopic (exact) mass is 378 g/mol. The summed E-state index contributed by atoms with van der Waals surface area (Å²) in [6.07, 6.45) is 0.935. The van der Waals surface area contributed by atoms with E-state index in [1.54, 1.807) is 0 Å². The third-order valence-corrected chi connectivity index (χ3v) is 5.96. The molecule has 2 aliphatic rings. The maximum Gasteiger partial charge on any atom is 0.227 e. The van der Waals surface area contributed by atoms with Crippen molar-refractivity contribution in [2.24, 2.45) is 5.92 Å². The van der Waals surface area contributed by atoms with Crippen molar-refractivity contribution in [2.75, 3.05) is 39.4 Å². The van der Waals surface area contributed by atoms with E-state index < -0.39 is 0 Å². The van der Waals surface area contributed by atoms with Gasteiger partial charge in [-0.2, -0.15) is 0 Å². The molecule has 2 fully saturated rings. The van der Waals surface area contributed by atoms with Gasteiger partial charge in [-0.15, -0.1) is 0 Å². The highest BCUT2D eigenvalue weighted by Gasteiger charge is 2.35. The van der Waals surface area contributed by atoms with Crippen molar-refractivity contribution in [3.05, 3.63) is 71.3 Å². The van der Waals surface area contributed by atoms with E-state index in [-0.39, 0.29) is 5.92 Å².